The number of carbonyl (C=O) groups excluding carboxylic acids is 1. The van der Waals surface area contributed by atoms with Gasteiger partial charge in [0.05, 0.1) is 14.2 Å². The van der Waals surface area contributed by atoms with Gasteiger partial charge in [-0.25, -0.2) is 9.18 Å². The molecule has 0 saturated carbocycles. The number of esters is 1. The van der Waals surface area contributed by atoms with Crippen molar-refractivity contribution in [3.05, 3.63) is 69.6 Å². The van der Waals surface area contributed by atoms with Gasteiger partial charge in [0.2, 0.25) is 0 Å². The molecular weight excluding hydrogens is 331 g/mol. The lowest BCUT2D eigenvalue weighted by Gasteiger charge is -2.13. The summed E-state index contributed by atoms with van der Waals surface area (Å²) >= 11 is 0. The van der Waals surface area contributed by atoms with Crippen molar-refractivity contribution in [3.8, 4) is 5.75 Å². The quantitative estimate of drug-likeness (QED) is 0.380. The van der Waals surface area contributed by atoms with Crippen LogP contribution in [-0.2, 0) is 9.53 Å². The molecule has 0 radical (unpaired) electrons. The highest BCUT2D eigenvalue weighted by atomic mass is 19.1. The molecule has 0 aliphatic rings. The standard InChI is InChI=1S/C22H27FO3/c1-14(12-22(24)26-7)8-11-20(23)15(2)9-10-19-16(3)13-21(25-6)18(5)17(19)4/h8-13H,1-7H3/b10-9-,11-8-,14-12-,20-15+. The van der Waals surface area contributed by atoms with E-state index in [4.69, 9.17) is 4.74 Å². The molecule has 4 heteroatoms. The number of halogens is 1. The minimum absolute atomic E-state index is 0.362. The van der Waals surface area contributed by atoms with Gasteiger partial charge in [-0.1, -0.05) is 18.2 Å². The number of aryl methyl sites for hydroxylation is 1. The average molecular weight is 358 g/mol. The van der Waals surface area contributed by atoms with E-state index in [1.165, 1.54) is 25.3 Å². The molecule has 0 aliphatic carbocycles. The second-order valence-corrected chi connectivity index (χ2v) is 6.17. The average Bonchev–Trinajstić information content (AvgIpc) is 2.61. The smallest absolute Gasteiger partial charge is 0.330 e. The molecule has 0 heterocycles. The topological polar surface area (TPSA) is 35.5 Å². The lowest BCUT2D eigenvalue weighted by molar-refractivity contribution is -0.134. The summed E-state index contributed by atoms with van der Waals surface area (Å²) in [6, 6.07) is 1.98. The van der Waals surface area contributed by atoms with E-state index in [2.05, 4.69) is 4.74 Å². The number of ether oxygens (including phenoxy) is 2. The first kappa shape index (κ1) is 21.4. The van der Waals surface area contributed by atoms with Crippen molar-refractivity contribution < 1.29 is 18.7 Å². The second-order valence-electron chi connectivity index (χ2n) is 6.17. The van der Waals surface area contributed by atoms with E-state index >= 15 is 0 Å². The minimum atomic E-state index is -0.464. The molecule has 3 nitrogen and oxygen atoms in total. The van der Waals surface area contributed by atoms with Gasteiger partial charge in [0.1, 0.15) is 11.6 Å². The molecule has 0 aliphatic heterocycles. The third-order valence-electron chi connectivity index (χ3n) is 4.24. The van der Waals surface area contributed by atoms with Gasteiger partial charge in [-0.3, -0.25) is 0 Å². The van der Waals surface area contributed by atoms with E-state index in [1.54, 1.807) is 27.0 Å². The lowest BCUT2D eigenvalue weighted by atomic mass is 9.96. The molecule has 1 rings (SSSR count). The third-order valence-corrected chi connectivity index (χ3v) is 4.24. The van der Waals surface area contributed by atoms with E-state index in [0.717, 1.165) is 28.0 Å². The van der Waals surface area contributed by atoms with Crippen LogP contribution in [0.25, 0.3) is 6.08 Å². The van der Waals surface area contributed by atoms with Crippen LogP contribution >= 0.6 is 0 Å². The van der Waals surface area contributed by atoms with E-state index in [9.17, 15) is 9.18 Å². The van der Waals surface area contributed by atoms with Gasteiger partial charge < -0.3 is 9.47 Å². The number of hydrogen-bond acceptors (Lipinski definition) is 3. The van der Waals surface area contributed by atoms with Crippen LogP contribution in [0.1, 0.15) is 36.1 Å². The van der Waals surface area contributed by atoms with Crippen molar-refractivity contribution in [2.75, 3.05) is 14.2 Å². The minimum Gasteiger partial charge on any atom is -0.496 e. The number of methoxy groups -OCH3 is 2. The van der Waals surface area contributed by atoms with Crippen molar-refractivity contribution in [2.24, 2.45) is 0 Å². The Kier molecular flexibility index (Phi) is 8.04. The van der Waals surface area contributed by atoms with E-state index in [1.807, 2.05) is 32.9 Å². The maximum Gasteiger partial charge on any atom is 0.330 e. The summed E-state index contributed by atoms with van der Waals surface area (Å²) in [5.74, 6) is 0.0276. The summed E-state index contributed by atoms with van der Waals surface area (Å²) in [6.45, 7) is 9.45. The summed E-state index contributed by atoms with van der Waals surface area (Å²) in [4.78, 5) is 11.1. The van der Waals surface area contributed by atoms with Crippen molar-refractivity contribution in [1.29, 1.82) is 0 Å². The first-order valence-corrected chi connectivity index (χ1v) is 8.34. The Balaban J connectivity index is 3.07. The van der Waals surface area contributed by atoms with Crippen LogP contribution in [0.2, 0.25) is 0 Å². The molecule has 1 aromatic rings. The largest absolute Gasteiger partial charge is 0.496 e. The molecule has 0 fully saturated rings. The zero-order valence-electron chi connectivity index (χ0n) is 16.6. The maximum atomic E-state index is 14.3. The summed E-state index contributed by atoms with van der Waals surface area (Å²) in [7, 11) is 2.96. The molecule has 0 bridgehead atoms. The SMILES string of the molecule is COC(=O)\C=C(C)/C=C\C(F)=C(C)/C=C\c1c(C)cc(OC)c(C)c1C. The fourth-order valence-corrected chi connectivity index (χ4v) is 2.45. The molecule has 0 unspecified atom stereocenters. The van der Waals surface area contributed by atoms with Crippen molar-refractivity contribution in [2.45, 2.75) is 34.6 Å². The molecule has 0 N–H and O–H groups in total. The molecular formula is C22H27FO3. The molecule has 140 valence electrons. The van der Waals surface area contributed by atoms with E-state index in [0.29, 0.717) is 11.1 Å². The van der Waals surface area contributed by atoms with E-state index < -0.39 is 5.97 Å². The highest BCUT2D eigenvalue weighted by Crippen LogP contribution is 2.28. The molecule has 0 atom stereocenters. The predicted molar refractivity (Wildman–Crippen MR) is 105 cm³/mol. The molecule has 26 heavy (non-hydrogen) atoms. The van der Waals surface area contributed by atoms with Gasteiger partial charge in [-0.15, -0.1) is 0 Å². The highest BCUT2D eigenvalue weighted by molar-refractivity contribution is 5.83. The second kappa shape index (κ2) is 9.76. The van der Waals surface area contributed by atoms with Gasteiger partial charge >= 0.3 is 5.97 Å². The van der Waals surface area contributed by atoms with Crippen LogP contribution in [0.4, 0.5) is 4.39 Å². The molecule has 0 spiro atoms. The van der Waals surface area contributed by atoms with Crippen LogP contribution < -0.4 is 4.74 Å². The number of rotatable bonds is 6. The first-order chi connectivity index (χ1) is 12.2. The Morgan fingerprint density at radius 2 is 1.69 bits per heavy atom. The number of benzene rings is 1. The lowest BCUT2D eigenvalue weighted by Crippen LogP contribution is -1.96. The van der Waals surface area contributed by atoms with Crippen molar-refractivity contribution in [3.63, 3.8) is 0 Å². The van der Waals surface area contributed by atoms with Gasteiger partial charge in [0.25, 0.3) is 0 Å². The zero-order chi connectivity index (χ0) is 19.9. The Morgan fingerprint density at radius 3 is 2.27 bits per heavy atom. The molecule has 0 saturated heterocycles. The first-order valence-electron chi connectivity index (χ1n) is 8.34. The van der Waals surface area contributed by atoms with Crippen LogP contribution in [0.3, 0.4) is 0 Å². The van der Waals surface area contributed by atoms with Crippen molar-refractivity contribution in [1.82, 2.24) is 0 Å². The summed E-state index contributed by atoms with van der Waals surface area (Å²) < 4.78 is 24.2. The Bertz CT molecular complexity index is 796. The molecule has 1 aromatic carbocycles. The van der Waals surface area contributed by atoms with Crippen LogP contribution in [0.5, 0.6) is 5.75 Å². The monoisotopic (exact) mass is 358 g/mol. The van der Waals surface area contributed by atoms with Gasteiger partial charge in [0, 0.05) is 6.08 Å². The molecule has 0 aromatic heterocycles. The summed E-state index contributed by atoms with van der Waals surface area (Å²) in [5.41, 5.74) is 5.42. The Labute approximate surface area is 155 Å². The van der Waals surface area contributed by atoms with Crippen LogP contribution in [0, 0.1) is 20.8 Å². The number of hydrogen-bond donors (Lipinski definition) is 0. The van der Waals surface area contributed by atoms with Gasteiger partial charge in [-0.05, 0) is 80.2 Å². The highest BCUT2D eigenvalue weighted by Gasteiger charge is 2.08. The predicted octanol–water partition coefficient (Wildman–Crippen LogP) is 5.55. The zero-order valence-corrected chi connectivity index (χ0v) is 16.6. The Morgan fingerprint density at radius 1 is 1.04 bits per heavy atom. The number of allylic oxidation sites excluding steroid dienone is 6. The summed E-state index contributed by atoms with van der Waals surface area (Å²) in [5, 5.41) is 0. The van der Waals surface area contributed by atoms with Gasteiger partial charge in [-0.2, -0.15) is 0 Å². The number of carbonyl (C=O) groups is 1. The third kappa shape index (κ3) is 5.73. The Hall–Kier alpha value is -2.62. The van der Waals surface area contributed by atoms with E-state index in [-0.39, 0.29) is 5.83 Å². The van der Waals surface area contributed by atoms with Crippen LogP contribution in [0.15, 0.2) is 47.3 Å². The fourth-order valence-electron chi connectivity index (χ4n) is 2.45. The fraction of sp³-hybridized carbons (Fsp3) is 0.318. The molecule has 0 amide bonds. The van der Waals surface area contributed by atoms with Crippen molar-refractivity contribution >= 4 is 12.0 Å². The maximum absolute atomic E-state index is 14.3. The van der Waals surface area contributed by atoms with Crippen LogP contribution in [-0.4, -0.2) is 20.2 Å². The summed E-state index contributed by atoms with van der Waals surface area (Å²) in [6.07, 6.45) is 7.85. The normalized spacial score (nSPS) is 13.3. The van der Waals surface area contributed by atoms with Gasteiger partial charge in [0.15, 0.2) is 0 Å².